The Hall–Kier alpha value is -1.60. The minimum atomic E-state index is -0.651. The highest BCUT2D eigenvalue weighted by Crippen LogP contribution is 2.24. The third kappa shape index (κ3) is 4.45. The van der Waals surface area contributed by atoms with Crippen molar-refractivity contribution in [1.82, 2.24) is 10.1 Å². The maximum atomic E-state index is 12.4. The van der Waals surface area contributed by atoms with E-state index in [1.807, 2.05) is 0 Å². The van der Waals surface area contributed by atoms with Gasteiger partial charge >= 0.3 is 0 Å². The van der Waals surface area contributed by atoms with Gasteiger partial charge in [0.1, 0.15) is 11.9 Å². The summed E-state index contributed by atoms with van der Waals surface area (Å²) >= 11 is 0. The molecular formula is C16H26N2O5. The number of likely N-dealkylation sites (N-methyl/N-ethyl adjacent to an activating group) is 1. The first-order valence-corrected chi connectivity index (χ1v) is 8.03. The van der Waals surface area contributed by atoms with Crippen molar-refractivity contribution in [2.75, 3.05) is 21.3 Å². The third-order valence-corrected chi connectivity index (χ3v) is 4.54. The van der Waals surface area contributed by atoms with Crippen LogP contribution in [0.15, 0.2) is 10.6 Å². The summed E-state index contributed by atoms with van der Waals surface area (Å²) in [5, 5.41) is 14.2. The van der Waals surface area contributed by atoms with Gasteiger partial charge in [-0.1, -0.05) is 12.8 Å². The second-order valence-corrected chi connectivity index (χ2v) is 5.96. The lowest BCUT2D eigenvalue weighted by Gasteiger charge is -2.33. The van der Waals surface area contributed by atoms with Crippen molar-refractivity contribution in [2.24, 2.45) is 0 Å². The fourth-order valence-corrected chi connectivity index (χ4v) is 3.07. The van der Waals surface area contributed by atoms with Crippen LogP contribution in [0, 0.1) is 0 Å². The summed E-state index contributed by atoms with van der Waals surface area (Å²) in [6, 6.07) is 1.47. The van der Waals surface area contributed by atoms with Gasteiger partial charge < -0.3 is 24.0 Å². The monoisotopic (exact) mass is 326 g/mol. The molecule has 1 aromatic heterocycles. The number of amides is 1. The van der Waals surface area contributed by atoms with Gasteiger partial charge in [0.25, 0.3) is 5.88 Å². The van der Waals surface area contributed by atoms with Gasteiger partial charge in [-0.2, -0.15) is 0 Å². The number of aryl methyl sites for hydroxylation is 1. The maximum absolute atomic E-state index is 12.4. The highest BCUT2D eigenvalue weighted by atomic mass is 16.5. The molecule has 0 unspecified atom stereocenters. The van der Waals surface area contributed by atoms with Gasteiger partial charge in [-0.15, -0.1) is 0 Å². The summed E-state index contributed by atoms with van der Waals surface area (Å²) in [5.74, 6) is 0.990. The van der Waals surface area contributed by atoms with Crippen LogP contribution in [0.25, 0.3) is 0 Å². The van der Waals surface area contributed by atoms with E-state index in [2.05, 4.69) is 5.16 Å². The lowest BCUT2D eigenvalue weighted by Crippen LogP contribution is -2.49. The molecule has 1 heterocycles. The molecule has 0 bridgehead atoms. The molecule has 1 saturated carbocycles. The number of nitrogens with zero attached hydrogens (tertiary/aromatic N) is 2. The van der Waals surface area contributed by atoms with E-state index in [0.29, 0.717) is 24.5 Å². The molecule has 23 heavy (non-hydrogen) atoms. The zero-order valence-corrected chi connectivity index (χ0v) is 14.0. The average Bonchev–Trinajstić information content (AvgIpc) is 2.94. The molecule has 0 spiro atoms. The Morgan fingerprint density at radius 1 is 1.43 bits per heavy atom. The second-order valence-electron chi connectivity index (χ2n) is 5.96. The van der Waals surface area contributed by atoms with Gasteiger partial charge in [0.05, 0.1) is 19.3 Å². The molecule has 3 atom stereocenters. The smallest absolute Gasteiger partial charge is 0.254 e. The number of methoxy groups -OCH3 is 2. The molecule has 0 aromatic carbocycles. The fourth-order valence-electron chi connectivity index (χ4n) is 3.07. The van der Waals surface area contributed by atoms with Crippen molar-refractivity contribution in [1.29, 1.82) is 0 Å². The van der Waals surface area contributed by atoms with E-state index < -0.39 is 6.10 Å². The summed E-state index contributed by atoms with van der Waals surface area (Å²) in [6.07, 6.45) is 3.50. The van der Waals surface area contributed by atoms with Gasteiger partial charge in [-0.05, 0) is 18.0 Å². The average molecular weight is 326 g/mol. The molecule has 7 nitrogen and oxygen atoms in total. The molecule has 0 saturated heterocycles. The summed E-state index contributed by atoms with van der Waals surface area (Å²) < 4.78 is 15.4. The molecule has 0 radical (unpaired) electrons. The Morgan fingerprint density at radius 2 is 2.17 bits per heavy atom. The minimum absolute atomic E-state index is 0.0267. The number of carbonyl (C=O) groups excluding carboxylic acids is 1. The number of aromatic nitrogens is 1. The van der Waals surface area contributed by atoms with E-state index in [1.165, 1.54) is 7.11 Å². The van der Waals surface area contributed by atoms with Crippen LogP contribution in [0.5, 0.6) is 5.88 Å². The zero-order chi connectivity index (χ0) is 16.8. The molecule has 7 heteroatoms. The van der Waals surface area contributed by atoms with Gasteiger partial charge in [-0.3, -0.25) is 4.79 Å². The largest absolute Gasteiger partial charge is 0.479 e. The lowest BCUT2D eigenvalue weighted by molar-refractivity contribution is -0.137. The fraction of sp³-hybridized carbons (Fsp3) is 0.750. The maximum Gasteiger partial charge on any atom is 0.254 e. The lowest BCUT2D eigenvalue weighted by atomic mass is 10.0. The van der Waals surface area contributed by atoms with Crippen LogP contribution in [0.4, 0.5) is 0 Å². The highest BCUT2D eigenvalue weighted by Gasteiger charge is 2.34. The van der Waals surface area contributed by atoms with E-state index in [4.69, 9.17) is 14.0 Å². The van der Waals surface area contributed by atoms with Gasteiger partial charge in [0.15, 0.2) is 0 Å². The van der Waals surface area contributed by atoms with Crippen LogP contribution in [-0.2, 0) is 16.0 Å². The Balaban J connectivity index is 1.92. The number of rotatable bonds is 6. The first kappa shape index (κ1) is 17.7. The molecule has 1 amide bonds. The quantitative estimate of drug-likeness (QED) is 0.795. The predicted molar refractivity (Wildman–Crippen MR) is 83.2 cm³/mol. The van der Waals surface area contributed by atoms with Crippen molar-refractivity contribution >= 4 is 5.91 Å². The Bertz CT molecular complexity index is 504. The standard InChI is InChI=1S/C16H26N2O5/c1-18(12-6-4-5-7-13(21-2)16(12)20)15(19)9-8-11-10-14(22-3)17-23-11/h10,12-13,16,20H,4-9H2,1-3H3/t12-,13-,16-/m1/s1. The Labute approximate surface area is 136 Å². The molecule has 0 aliphatic heterocycles. The summed E-state index contributed by atoms with van der Waals surface area (Å²) in [6.45, 7) is 0. The number of hydrogen-bond acceptors (Lipinski definition) is 6. The molecule has 1 aromatic rings. The van der Waals surface area contributed by atoms with E-state index >= 15 is 0 Å². The van der Waals surface area contributed by atoms with E-state index in [1.54, 1.807) is 25.1 Å². The van der Waals surface area contributed by atoms with Crippen molar-refractivity contribution in [2.45, 2.75) is 56.8 Å². The van der Waals surface area contributed by atoms with Gasteiger partial charge in [0, 0.05) is 33.1 Å². The molecule has 130 valence electrons. The van der Waals surface area contributed by atoms with Crippen LogP contribution in [0.1, 0.15) is 37.9 Å². The summed E-state index contributed by atoms with van der Waals surface area (Å²) in [5.41, 5.74) is 0. The van der Waals surface area contributed by atoms with Gasteiger partial charge in [-0.25, -0.2) is 0 Å². The zero-order valence-electron chi connectivity index (χ0n) is 14.0. The van der Waals surface area contributed by atoms with Crippen molar-refractivity contribution in [3.8, 4) is 5.88 Å². The number of carbonyl (C=O) groups is 1. The Morgan fingerprint density at radius 3 is 2.83 bits per heavy atom. The highest BCUT2D eigenvalue weighted by molar-refractivity contribution is 5.76. The topological polar surface area (TPSA) is 85.0 Å². The van der Waals surface area contributed by atoms with Gasteiger partial charge in [0.2, 0.25) is 5.91 Å². The molecule has 1 aliphatic rings. The molecule has 1 aliphatic carbocycles. The SMILES string of the molecule is COc1cc(CCC(=O)N(C)[C@@H]2CCCC[C@@H](OC)[C@@H]2O)on1. The number of aliphatic hydroxyl groups is 1. The van der Waals surface area contributed by atoms with Crippen molar-refractivity contribution in [3.63, 3.8) is 0 Å². The van der Waals surface area contributed by atoms with Crippen LogP contribution in [-0.4, -0.2) is 60.6 Å². The molecular weight excluding hydrogens is 300 g/mol. The normalized spacial score (nSPS) is 25.0. The van der Waals surface area contributed by atoms with E-state index in [9.17, 15) is 9.90 Å². The summed E-state index contributed by atoms with van der Waals surface area (Å²) in [7, 11) is 4.87. The van der Waals surface area contributed by atoms with Crippen molar-refractivity contribution in [3.05, 3.63) is 11.8 Å². The Kier molecular flexibility index (Phi) is 6.41. The molecule has 2 rings (SSSR count). The minimum Gasteiger partial charge on any atom is -0.479 e. The van der Waals surface area contributed by atoms with Crippen LogP contribution in [0.2, 0.25) is 0 Å². The van der Waals surface area contributed by atoms with E-state index in [-0.39, 0.29) is 18.1 Å². The number of hydrogen-bond donors (Lipinski definition) is 1. The van der Waals surface area contributed by atoms with Crippen LogP contribution < -0.4 is 4.74 Å². The summed E-state index contributed by atoms with van der Waals surface area (Å²) in [4.78, 5) is 14.1. The van der Waals surface area contributed by atoms with E-state index in [0.717, 1.165) is 25.7 Å². The first-order chi connectivity index (χ1) is 11.1. The molecule has 1 fully saturated rings. The predicted octanol–water partition coefficient (Wildman–Crippen LogP) is 1.39. The third-order valence-electron chi connectivity index (χ3n) is 4.54. The number of ether oxygens (including phenoxy) is 2. The first-order valence-electron chi connectivity index (χ1n) is 8.03. The molecule has 1 N–H and O–H groups in total. The second kappa shape index (κ2) is 8.31. The van der Waals surface area contributed by atoms with Crippen LogP contribution >= 0.6 is 0 Å². The van der Waals surface area contributed by atoms with Crippen LogP contribution in [0.3, 0.4) is 0 Å². The van der Waals surface area contributed by atoms with Crippen molar-refractivity contribution < 1.29 is 23.9 Å². The number of aliphatic hydroxyl groups excluding tert-OH is 1.